The van der Waals surface area contributed by atoms with Crippen LogP contribution in [0.5, 0.6) is 0 Å². The van der Waals surface area contributed by atoms with E-state index in [9.17, 15) is 21.6 Å². The van der Waals surface area contributed by atoms with Gasteiger partial charge in [-0.1, -0.05) is 12.1 Å². The average Bonchev–Trinajstić information content (AvgIpc) is 3.12. The zero-order valence-corrected chi connectivity index (χ0v) is 17.4. The number of anilines is 1. The van der Waals surface area contributed by atoms with Gasteiger partial charge in [0.25, 0.3) is 10.0 Å². The third-order valence-corrected chi connectivity index (χ3v) is 6.27. The molecule has 2 aromatic heterocycles. The predicted molar refractivity (Wildman–Crippen MR) is 112 cm³/mol. The second kappa shape index (κ2) is 7.42. The van der Waals surface area contributed by atoms with E-state index in [1.54, 1.807) is 19.1 Å². The second-order valence-electron chi connectivity index (χ2n) is 7.25. The molecule has 31 heavy (non-hydrogen) atoms. The van der Waals surface area contributed by atoms with Gasteiger partial charge in [-0.25, -0.2) is 13.4 Å². The van der Waals surface area contributed by atoms with Crippen LogP contribution in [0.1, 0.15) is 16.7 Å². The van der Waals surface area contributed by atoms with E-state index in [4.69, 9.17) is 0 Å². The Labute approximate surface area is 177 Å². The molecule has 5 nitrogen and oxygen atoms in total. The molecule has 4 aromatic rings. The smallest absolute Gasteiger partial charge is 0.306 e. The topological polar surface area (TPSA) is 63.5 Å². The van der Waals surface area contributed by atoms with Gasteiger partial charge in [-0.15, -0.1) is 0 Å². The highest BCUT2D eigenvalue weighted by molar-refractivity contribution is 7.92. The maximum absolute atomic E-state index is 12.7. The Morgan fingerprint density at radius 2 is 1.68 bits per heavy atom. The van der Waals surface area contributed by atoms with Gasteiger partial charge in [0.2, 0.25) is 0 Å². The molecular weight excluding hydrogens is 427 g/mol. The van der Waals surface area contributed by atoms with Gasteiger partial charge in [-0.2, -0.15) is 13.2 Å². The maximum Gasteiger partial charge on any atom is 0.416 e. The number of alkyl halides is 3. The van der Waals surface area contributed by atoms with Crippen molar-refractivity contribution in [3.05, 3.63) is 83.7 Å². The van der Waals surface area contributed by atoms with Crippen molar-refractivity contribution in [1.29, 1.82) is 0 Å². The lowest BCUT2D eigenvalue weighted by Crippen LogP contribution is -2.14. The van der Waals surface area contributed by atoms with Crippen LogP contribution in [0.3, 0.4) is 0 Å². The molecule has 0 bridgehead atoms. The van der Waals surface area contributed by atoms with Crippen molar-refractivity contribution >= 4 is 21.4 Å². The van der Waals surface area contributed by atoms with Crippen LogP contribution in [-0.2, 0) is 16.2 Å². The van der Waals surface area contributed by atoms with E-state index in [2.05, 4.69) is 9.71 Å². The fraction of sp³-hybridized carbons (Fsp3) is 0.136. The van der Waals surface area contributed by atoms with Gasteiger partial charge in [0.05, 0.1) is 21.8 Å². The summed E-state index contributed by atoms with van der Waals surface area (Å²) in [6.45, 7) is 3.70. The number of imidazole rings is 1. The lowest BCUT2D eigenvalue weighted by atomic mass is 10.1. The van der Waals surface area contributed by atoms with Crippen LogP contribution in [0.15, 0.2) is 71.9 Å². The highest BCUT2D eigenvalue weighted by Crippen LogP contribution is 2.31. The SMILES string of the molecule is Cc1ccn2cc(-c3ccc(C)c(NS(=O)(=O)c4ccc(C(F)(F)F)cc4)c3)nc2c1. The summed E-state index contributed by atoms with van der Waals surface area (Å²) in [5.41, 5.74) is 3.29. The fourth-order valence-electron chi connectivity index (χ4n) is 3.14. The number of sulfonamides is 1. The number of nitrogens with one attached hydrogen (secondary N) is 1. The van der Waals surface area contributed by atoms with E-state index in [1.165, 1.54) is 0 Å². The Hall–Kier alpha value is -3.33. The lowest BCUT2D eigenvalue weighted by Gasteiger charge is -2.13. The van der Waals surface area contributed by atoms with Gasteiger partial charge in [-0.05, 0) is 67.4 Å². The molecule has 0 saturated carbocycles. The van der Waals surface area contributed by atoms with Crippen molar-refractivity contribution in [2.45, 2.75) is 24.9 Å². The number of halogens is 3. The minimum absolute atomic E-state index is 0.256. The summed E-state index contributed by atoms with van der Waals surface area (Å²) >= 11 is 0. The van der Waals surface area contributed by atoms with Crippen LogP contribution >= 0.6 is 0 Å². The number of benzene rings is 2. The van der Waals surface area contributed by atoms with Crippen LogP contribution in [0.4, 0.5) is 18.9 Å². The van der Waals surface area contributed by atoms with Gasteiger partial charge in [0.15, 0.2) is 0 Å². The first-order valence-corrected chi connectivity index (χ1v) is 10.8. The largest absolute Gasteiger partial charge is 0.416 e. The molecule has 160 valence electrons. The summed E-state index contributed by atoms with van der Waals surface area (Å²) in [5.74, 6) is 0. The predicted octanol–water partition coefficient (Wildman–Crippen LogP) is 5.44. The van der Waals surface area contributed by atoms with Gasteiger partial charge in [0, 0.05) is 18.0 Å². The lowest BCUT2D eigenvalue weighted by molar-refractivity contribution is -0.137. The summed E-state index contributed by atoms with van der Waals surface area (Å²) in [4.78, 5) is 4.33. The summed E-state index contributed by atoms with van der Waals surface area (Å²) in [5, 5.41) is 0. The van der Waals surface area contributed by atoms with E-state index < -0.39 is 21.8 Å². The van der Waals surface area contributed by atoms with Crippen LogP contribution in [0.2, 0.25) is 0 Å². The number of rotatable bonds is 4. The molecule has 9 heteroatoms. The van der Waals surface area contributed by atoms with Crippen LogP contribution < -0.4 is 4.72 Å². The highest BCUT2D eigenvalue weighted by Gasteiger charge is 2.30. The first kappa shape index (κ1) is 20.9. The molecule has 0 saturated heterocycles. The Morgan fingerprint density at radius 1 is 0.968 bits per heavy atom. The Balaban J connectivity index is 1.66. The summed E-state index contributed by atoms with van der Waals surface area (Å²) in [6, 6.07) is 12.5. The number of pyridine rings is 1. The van der Waals surface area contributed by atoms with E-state index in [-0.39, 0.29) is 4.90 Å². The molecule has 0 radical (unpaired) electrons. The molecule has 0 aliphatic heterocycles. The molecule has 0 aliphatic rings. The van der Waals surface area contributed by atoms with Crippen molar-refractivity contribution < 1.29 is 21.6 Å². The van der Waals surface area contributed by atoms with Gasteiger partial charge in [-0.3, -0.25) is 4.72 Å². The molecule has 4 rings (SSSR count). The first-order valence-electron chi connectivity index (χ1n) is 9.29. The van der Waals surface area contributed by atoms with Crippen LogP contribution in [0, 0.1) is 13.8 Å². The van der Waals surface area contributed by atoms with Crippen molar-refractivity contribution in [3.8, 4) is 11.3 Å². The Kier molecular flexibility index (Phi) is 5.01. The minimum Gasteiger partial charge on any atom is -0.306 e. The van der Waals surface area contributed by atoms with Crippen molar-refractivity contribution in [2.24, 2.45) is 0 Å². The van der Waals surface area contributed by atoms with Crippen LogP contribution in [-0.4, -0.2) is 17.8 Å². The third kappa shape index (κ3) is 4.27. The highest BCUT2D eigenvalue weighted by atomic mass is 32.2. The van der Waals surface area contributed by atoms with E-state index in [0.29, 0.717) is 22.5 Å². The fourth-order valence-corrected chi connectivity index (χ4v) is 4.26. The van der Waals surface area contributed by atoms with Crippen molar-refractivity contribution in [1.82, 2.24) is 9.38 Å². The molecule has 2 heterocycles. The molecule has 0 amide bonds. The summed E-state index contributed by atoms with van der Waals surface area (Å²) in [7, 11) is -4.07. The van der Waals surface area contributed by atoms with Crippen LogP contribution in [0.25, 0.3) is 16.9 Å². The first-order chi connectivity index (χ1) is 14.5. The molecule has 0 spiro atoms. The van der Waals surface area contributed by atoms with Gasteiger partial charge < -0.3 is 4.40 Å². The molecule has 0 aliphatic carbocycles. The normalized spacial score (nSPS) is 12.3. The monoisotopic (exact) mass is 445 g/mol. The van der Waals surface area contributed by atoms with E-state index in [0.717, 1.165) is 35.5 Å². The number of aromatic nitrogens is 2. The summed E-state index contributed by atoms with van der Waals surface area (Å²) in [6.07, 6.45) is -0.801. The summed E-state index contributed by atoms with van der Waals surface area (Å²) < 4.78 is 68.0. The maximum atomic E-state index is 12.7. The molecule has 0 unspecified atom stereocenters. The minimum atomic E-state index is -4.53. The second-order valence-corrected chi connectivity index (χ2v) is 8.94. The molecule has 0 fully saturated rings. The number of nitrogens with zero attached hydrogens (tertiary/aromatic N) is 2. The molecule has 2 aromatic carbocycles. The van der Waals surface area contributed by atoms with E-state index >= 15 is 0 Å². The number of aryl methyl sites for hydroxylation is 2. The Bertz CT molecular complexity index is 1380. The van der Waals surface area contributed by atoms with Crippen molar-refractivity contribution in [2.75, 3.05) is 4.72 Å². The van der Waals surface area contributed by atoms with Gasteiger partial charge >= 0.3 is 6.18 Å². The third-order valence-electron chi connectivity index (χ3n) is 4.89. The van der Waals surface area contributed by atoms with Gasteiger partial charge in [0.1, 0.15) is 5.65 Å². The van der Waals surface area contributed by atoms with E-state index in [1.807, 2.05) is 41.9 Å². The van der Waals surface area contributed by atoms with Crippen molar-refractivity contribution in [3.63, 3.8) is 0 Å². The number of hydrogen-bond donors (Lipinski definition) is 1. The zero-order chi connectivity index (χ0) is 22.4. The molecule has 1 N–H and O–H groups in total. The molecule has 0 atom stereocenters. The number of hydrogen-bond acceptors (Lipinski definition) is 3. The standard InChI is InChI=1S/C22H18F3N3O2S/c1-14-9-10-28-13-20(26-21(28)11-14)16-4-3-15(2)19(12-16)27-31(29,30)18-7-5-17(6-8-18)22(23,24)25/h3-13,27H,1-2H3. The molecular formula is C22H18F3N3O2S. The zero-order valence-electron chi connectivity index (χ0n) is 16.6. The average molecular weight is 445 g/mol. The quantitative estimate of drug-likeness (QED) is 0.455. The number of fused-ring (bicyclic) bond motifs is 1. The Morgan fingerprint density at radius 3 is 2.35 bits per heavy atom.